The molecule has 0 aliphatic carbocycles. The third kappa shape index (κ3) is 6.13. The van der Waals surface area contributed by atoms with Crippen molar-refractivity contribution in [2.75, 3.05) is 19.6 Å². The molecule has 0 atom stereocenters. The molecule has 0 heterocycles. The van der Waals surface area contributed by atoms with Gasteiger partial charge in [-0.3, -0.25) is 9.59 Å². The van der Waals surface area contributed by atoms with E-state index in [0.29, 0.717) is 18.7 Å². The molecule has 30 heavy (non-hydrogen) atoms. The minimum absolute atomic E-state index is 0.0993. The van der Waals surface area contributed by atoms with Crippen molar-refractivity contribution in [3.8, 4) is 5.75 Å². The second-order valence-electron chi connectivity index (χ2n) is 6.18. The maximum atomic E-state index is 12.7. The number of hydrogen-bond donors (Lipinski definition) is 3. The lowest BCUT2D eigenvalue weighted by atomic mass is 10.2. The molecule has 9 nitrogen and oxygen atoms in total. The van der Waals surface area contributed by atoms with Crippen molar-refractivity contribution in [2.24, 2.45) is 5.10 Å². The molecule has 0 aliphatic rings. The van der Waals surface area contributed by atoms with Crippen molar-refractivity contribution >= 4 is 28.1 Å². The zero-order chi connectivity index (χ0) is 22.1. The van der Waals surface area contributed by atoms with Crippen LogP contribution in [0.1, 0.15) is 29.8 Å². The van der Waals surface area contributed by atoms with Gasteiger partial charge in [-0.2, -0.15) is 5.10 Å². The first-order valence-corrected chi connectivity index (χ1v) is 10.8. The quantitative estimate of drug-likeness (QED) is 0.406. The van der Waals surface area contributed by atoms with Gasteiger partial charge in [0.25, 0.3) is 5.91 Å². The molecule has 0 saturated carbocycles. The fraction of sp³-hybridized carbons (Fsp3) is 0.250. The average molecular weight is 433 g/mol. The molecule has 0 radical (unpaired) electrons. The number of phenols is 1. The van der Waals surface area contributed by atoms with E-state index in [2.05, 4.69) is 15.2 Å². The predicted octanol–water partition coefficient (Wildman–Crippen LogP) is 1.30. The standard InChI is InChI=1S/C20H24N4O5S/c1-3-24(4-2)19(26)14-22-30(28,29)18-8-6-5-7-17(18)20(27)23-21-13-15-9-11-16(25)12-10-15/h5-13,22,25H,3-4,14H2,1-2H3,(H,23,27)/b21-13+. The van der Waals surface area contributed by atoms with Gasteiger partial charge in [0.1, 0.15) is 5.75 Å². The molecular weight excluding hydrogens is 408 g/mol. The Balaban J connectivity index is 2.12. The Bertz CT molecular complexity index is 1020. The first kappa shape index (κ1) is 23.0. The molecular formula is C20H24N4O5S. The van der Waals surface area contributed by atoms with Crippen LogP contribution in [-0.2, 0) is 14.8 Å². The number of carbonyl (C=O) groups is 2. The third-order valence-electron chi connectivity index (χ3n) is 4.22. The van der Waals surface area contributed by atoms with Gasteiger partial charge in [0.15, 0.2) is 0 Å². The molecule has 0 aromatic heterocycles. The molecule has 0 spiro atoms. The van der Waals surface area contributed by atoms with Gasteiger partial charge < -0.3 is 10.0 Å². The maximum absolute atomic E-state index is 12.7. The maximum Gasteiger partial charge on any atom is 0.272 e. The summed E-state index contributed by atoms with van der Waals surface area (Å²) in [7, 11) is -4.10. The smallest absolute Gasteiger partial charge is 0.272 e. The number of phenolic OH excluding ortho intramolecular Hbond substituents is 1. The molecule has 2 aromatic carbocycles. The summed E-state index contributed by atoms with van der Waals surface area (Å²) in [5.74, 6) is -0.979. The van der Waals surface area contributed by atoms with Gasteiger partial charge in [0, 0.05) is 13.1 Å². The summed E-state index contributed by atoms with van der Waals surface area (Å²) in [5.41, 5.74) is 2.80. The van der Waals surface area contributed by atoms with Crippen molar-refractivity contribution in [1.82, 2.24) is 15.0 Å². The molecule has 0 aliphatic heterocycles. The lowest BCUT2D eigenvalue weighted by molar-refractivity contribution is -0.129. The molecule has 160 valence electrons. The van der Waals surface area contributed by atoms with E-state index >= 15 is 0 Å². The van der Waals surface area contributed by atoms with Crippen LogP contribution in [-0.4, -0.2) is 56.1 Å². The topological polar surface area (TPSA) is 128 Å². The Hall–Kier alpha value is -3.24. The lowest BCUT2D eigenvalue weighted by Crippen LogP contribution is -2.40. The van der Waals surface area contributed by atoms with Gasteiger partial charge >= 0.3 is 0 Å². The Morgan fingerprint density at radius 2 is 1.70 bits per heavy atom. The van der Waals surface area contributed by atoms with E-state index in [1.807, 2.05) is 0 Å². The molecule has 10 heteroatoms. The van der Waals surface area contributed by atoms with Crippen molar-refractivity contribution in [3.63, 3.8) is 0 Å². The minimum atomic E-state index is -4.10. The number of nitrogens with zero attached hydrogens (tertiary/aromatic N) is 2. The van der Waals surface area contributed by atoms with E-state index in [0.717, 1.165) is 0 Å². The van der Waals surface area contributed by atoms with Crippen LogP contribution < -0.4 is 10.1 Å². The normalized spacial score (nSPS) is 11.4. The largest absolute Gasteiger partial charge is 0.508 e. The van der Waals surface area contributed by atoms with Crippen molar-refractivity contribution < 1.29 is 23.1 Å². The molecule has 0 unspecified atom stereocenters. The number of amides is 2. The van der Waals surface area contributed by atoms with Gasteiger partial charge in [-0.1, -0.05) is 12.1 Å². The molecule has 0 saturated heterocycles. The van der Waals surface area contributed by atoms with E-state index in [1.54, 1.807) is 26.0 Å². The van der Waals surface area contributed by atoms with E-state index in [4.69, 9.17) is 0 Å². The summed E-state index contributed by atoms with van der Waals surface area (Å²) in [5, 5.41) is 13.1. The van der Waals surface area contributed by atoms with Crippen LogP contribution in [0.15, 0.2) is 58.5 Å². The molecule has 3 N–H and O–H groups in total. The number of benzene rings is 2. The SMILES string of the molecule is CCN(CC)C(=O)CNS(=O)(=O)c1ccccc1C(=O)N/N=C/c1ccc(O)cc1. The summed E-state index contributed by atoms with van der Waals surface area (Å²) in [6.45, 7) is 4.13. The van der Waals surface area contributed by atoms with E-state index in [-0.39, 0.29) is 22.1 Å². The summed E-state index contributed by atoms with van der Waals surface area (Å²) in [6, 6.07) is 11.8. The fourth-order valence-electron chi connectivity index (χ4n) is 2.60. The van der Waals surface area contributed by atoms with Gasteiger partial charge in [0.05, 0.1) is 23.2 Å². The lowest BCUT2D eigenvalue weighted by Gasteiger charge is -2.19. The Morgan fingerprint density at radius 1 is 1.07 bits per heavy atom. The van der Waals surface area contributed by atoms with E-state index in [1.165, 1.54) is 47.5 Å². The van der Waals surface area contributed by atoms with Gasteiger partial charge in [-0.15, -0.1) is 0 Å². The number of aromatic hydroxyl groups is 1. The van der Waals surface area contributed by atoms with Gasteiger partial charge in [0.2, 0.25) is 15.9 Å². The van der Waals surface area contributed by atoms with Crippen molar-refractivity contribution in [2.45, 2.75) is 18.7 Å². The zero-order valence-corrected chi connectivity index (χ0v) is 17.5. The zero-order valence-electron chi connectivity index (χ0n) is 16.7. The van der Waals surface area contributed by atoms with Crippen molar-refractivity contribution in [1.29, 1.82) is 0 Å². The first-order chi connectivity index (χ1) is 14.3. The highest BCUT2D eigenvalue weighted by molar-refractivity contribution is 7.89. The van der Waals surface area contributed by atoms with Gasteiger partial charge in [-0.25, -0.2) is 18.6 Å². The molecule has 2 aromatic rings. The second-order valence-corrected chi connectivity index (χ2v) is 7.91. The van der Waals surface area contributed by atoms with Crippen LogP contribution in [0.25, 0.3) is 0 Å². The molecule has 2 amide bonds. The fourth-order valence-corrected chi connectivity index (χ4v) is 3.77. The number of rotatable bonds is 9. The van der Waals surface area contributed by atoms with Crippen LogP contribution in [0.5, 0.6) is 5.75 Å². The number of likely N-dealkylation sites (N-methyl/N-ethyl adjacent to an activating group) is 1. The van der Waals surface area contributed by atoms with Crippen LogP contribution in [0.2, 0.25) is 0 Å². The van der Waals surface area contributed by atoms with Crippen LogP contribution in [0.4, 0.5) is 0 Å². The Labute approximate surface area is 175 Å². The highest BCUT2D eigenvalue weighted by Gasteiger charge is 2.23. The molecule has 0 bridgehead atoms. The minimum Gasteiger partial charge on any atom is -0.508 e. The molecule has 2 rings (SSSR count). The number of sulfonamides is 1. The van der Waals surface area contributed by atoms with Crippen LogP contribution in [0.3, 0.4) is 0 Å². The highest BCUT2D eigenvalue weighted by Crippen LogP contribution is 2.15. The molecule has 0 fully saturated rings. The number of carbonyl (C=O) groups excluding carboxylic acids is 2. The average Bonchev–Trinajstić information content (AvgIpc) is 2.74. The summed E-state index contributed by atoms with van der Waals surface area (Å²) >= 11 is 0. The van der Waals surface area contributed by atoms with E-state index in [9.17, 15) is 23.1 Å². The number of hydrogen-bond acceptors (Lipinski definition) is 6. The Morgan fingerprint density at radius 3 is 2.33 bits per heavy atom. The highest BCUT2D eigenvalue weighted by atomic mass is 32.2. The van der Waals surface area contributed by atoms with E-state index < -0.39 is 22.5 Å². The summed E-state index contributed by atoms with van der Waals surface area (Å²) in [4.78, 5) is 25.8. The van der Waals surface area contributed by atoms with Crippen molar-refractivity contribution in [3.05, 3.63) is 59.7 Å². The summed E-state index contributed by atoms with van der Waals surface area (Å²) < 4.78 is 27.6. The second kappa shape index (κ2) is 10.5. The van der Waals surface area contributed by atoms with Gasteiger partial charge in [-0.05, 0) is 55.8 Å². The number of hydrazone groups is 1. The predicted molar refractivity (Wildman–Crippen MR) is 113 cm³/mol. The number of nitrogens with one attached hydrogen (secondary N) is 2. The van der Waals surface area contributed by atoms with Crippen LogP contribution in [0, 0.1) is 0 Å². The monoisotopic (exact) mass is 432 g/mol. The third-order valence-corrected chi connectivity index (χ3v) is 5.68. The first-order valence-electron chi connectivity index (χ1n) is 9.27. The Kier molecular flexibility index (Phi) is 8.07. The summed E-state index contributed by atoms with van der Waals surface area (Å²) in [6.07, 6.45) is 1.36. The van der Waals surface area contributed by atoms with Crippen LogP contribution >= 0.6 is 0 Å².